The molecule has 0 saturated carbocycles. The molecule has 32 heavy (non-hydrogen) atoms. The van der Waals surface area contributed by atoms with Crippen molar-refractivity contribution in [2.24, 2.45) is 0 Å². The first-order chi connectivity index (χ1) is 15.7. The monoisotopic (exact) mass is 433 g/mol. The smallest absolute Gasteiger partial charge is 0.229 e. The molecule has 0 aliphatic carbocycles. The number of nitrogens with zero attached hydrogens (tertiary/aromatic N) is 6. The summed E-state index contributed by atoms with van der Waals surface area (Å²) in [4.78, 5) is 14.0. The zero-order valence-corrected chi connectivity index (χ0v) is 17.5. The molecule has 1 aliphatic heterocycles. The third kappa shape index (κ3) is 4.12. The maximum absolute atomic E-state index is 13.8. The van der Waals surface area contributed by atoms with Gasteiger partial charge in [-0.15, -0.1) is 0 Å². The number of nitrogens with one attached hydrogen (secondary N) is 1. The van der Waals surface area contributed by atoms with E-state index < -0.39 is 0 Å². The van der Waals surface area contributed by atoms with Crippen LogP contribution in [0.25, 0.3) is 16.7 Å². The van der Waals surface area contributed by atoms with Crippen LogP contribution in [-0.4, -0.2) is 69.1 Å². The van der Waals surface area contributed by atoms with Crippen LogP contribution in [-0.2, 0) is 0 Å². The number of aliphatic hydroxyl groups excluding tert-OH is 1. The largest absolute Gasteiger partial charge is 0.395 e. The Bertz CT molecular complexity index is 1210. The van der Waals surface area contributed by atoms with E-state index in [1.54, 1.807) is 23.0 Å². The first-order valence-electron chi connectivity index (χ1n) is 10.6. The van der Waals surface area contributed by atoms with Gasteiger partial charge in [0.25, 0.3) is 0 Å². The molecule has 164 valence electrons. The Kier molecular flexibility index (Phi) is 5.66. The maximum Gasteiger partial charge on any atom is 0.229 e. The predicted molar refractivity (Wildman–Crippen MR) is 122 cm³/mol. The summed E-state index contributed by atoms with van der Waals surface area (Å²) >= 11 is 0. The summed E-state index contributed by atoms with van der Waals surface area (Å²) in [6.45, 7) is 3.98. The number of β-amino-alcohol motifs (C(OH)–C–C–N with tert-alkyl or cyclic N) is 1. The average molecular weight is 433 g/mol. The van der Waals surface area contributed by atoms with Crippen LogP contribution in [0.1, 0.15) is 0 Å². The number of hydrogen-bond donors (Lipinski definition) is 2. The number of aromatic nitrogens is 4. The molecule has 9 heteroatoms. The minimum absolute atomic E-state index is 0.153. The highest BCUT2D eigenvalue weighted by molar-refractivity contribution is 5.90. The second-order valence-corrected chi connectivity index (χ2v) is 7.69. The summed E-state index contributed by atoms with van der Waals surface area (Å²) in [5.74, 6) is 0.855. The highest BCUT2D eigenvalue weighted by Crippen LogP contribution is 2.28. The highest BCUT2D eigenvalue weighted by atomic mass is 19.1. The van der Waals surface area contributed by atoms with Gasteiger partial charge >= 0.3 is 0 Å². The van der Waals surface area contributed by atoms with E-state index in [1.807, 2.05) is 30.3 Å². The molecule has 2 aromatic heterocycles. The van der Waals surface area contributed by atoms with Crippen LogP contribution in [0.5, 0.6) is 0 Å². The van der Waals surface area contributed by atoms with Crippen molar-refractivity contribution in [2.45, 2.75) is 0 Å². The summed E-state index contributed by atoms with van der Waals surface area (Å²) in [7, 11) is 0. The first kappa shape index (κ1) is 20.3. The van der Waals surface area contributed by atoms with E-state index >= 15 is 0 Å². The van der Waals surface area contributed by atoms with E-state index in [1.165, 1.54) is 12.1 Å². The second-order valence-electron chi connectivity index (χ2n) is 7.69. The van der Waals surface area contributed by atoms with Crippen LogP contribution >= 0.6 is 0 Å². The van der Waals surface area contributed by atoms with Gasteiger partial charge in [-0.1, -0.05) is 24.3 Å². The number of halogens is 1. The van der Waals surface area contributed by atoms with E-state index in [-0.39, 0.29) is 12.4 Å². The zero-order valence-electron chi connectivity index (χ0n) is 17.5. The third-order valence-electron chi connectivity index (χ3n) is 5.58. The third-order valence-corrected chi connectivity index (χ3v) is 5.58. The van der Waals surface area contributed by atoms with Crippen LogP contribution in [0.4, 0.5) is 21.8 Å². The molecule has 4 aromatic rings. The van der Waals surface area contributed by atoms with Crippen molar-refractivity contribution in [3.05, 3.63) is 66.6 Å². The molecule has 0 spiro atoms. The normalized spacial score (nSPS) is 14.8. The number of piperazine rings is 1. The van der Waals surface area contributed by atoms with Crippen molar-refractivity contribution < 1.29 is 9.50 Å². The number of para-hydroxylation sites is 1. The Morgan fingerprint density at radius 1 is 0.969 bits per heavy atom. The Morgan fingerprint density at radius 2 is 1.78 bits per heavy atom. The molecule has 8 nitrogen and oxygen atoms in total. The van der Waals surface area contributed by atoms with Crippen molar-refractivity contribution in [2.75, 3.05) is 49.5 Å². The minimum Gasteiger partial charge on any atom is -0.395 e. The molecule has 0 atom stereocenters. The molecule has 1 fully saturated rings. The lowest BCUT2D eigenvalue weighted by atomic mass is 10.3. The van der Waals surface area contributed by atoms with Gasteiger partial charge in [-0.2, -0.15) is 15.1 Å². The summed E-state index contributed by atoms with van der Waals surface area (Å²) in [6.07, 6.45) is 1.73. The number of hydrogen-bond acceptors (Lipinski definition) is 7. The van der Waals surface area contributed by atoms with E-state index in [0.717, 1.165) is 37.3 Å². The standard InChI is InChI=1S/C23H24FN7O/c24-17-5-4-6-18(15-17)26-21-20-16-25-31(19-7-2-1-3-8-19)22(20)28-23(27-21)30-11-9-29(10-12-30)13-14-32/h1-8,15-16,32H,9-14H2,(H,26,27,28). The van der Waals surface area contributed by atoms with Gasteiger partial charge in [-0.3, -0.25) is 4.90 Å². The predicted octanol–water partition coefficient (Wildman–Crippen LogP) is 2.81. The van der Waals surface area contributed by atoms with Crippen LogP contribution in [0.15, 0.2) is 60.8 Å². The number of aliphatic hydroxyl groups is 1. The van der Waals surface area contributed by atoms with Gasteiger partial charge in [0.15, 0.2) is 5.65 Å². The number of rotatable bonds is 6. The molecular formula is C23H24FN7O. The lowest BCUT2D eigenvalue weighted by molar-refractivity contribution is 0.188. The van der Waals surface area contributed by atoms with Gasteiger partial charge in [-0.05, 0) is 30.3 Å². The lowest BCUT2D eigenvalue weighted by Gasteiger charge is -2.34. The van der Waals surface area contributed by atoms with Crippen LogP contribution in [0.3, 0.4) is 0 Å². The lowest BCUT2D eigenvalue weighted by Crippen LogP contribution is -2.47. The molecule has 2 aromatic carbocycles. The van der Waals surface area contributed by atoms with Crippen molar-refractivity contribution in [3.63, 3.8) is 0 Å². The van der Waals surface area contributed by atoms with Gasteiger partial charge in [0.05, 0.1) is 23.9 Å². The average Bonchev–Trinajstić information content (AvgIpc) is 3.25. The quantitative estimate of drug-likeness (QED) is 0.484. The van der Waals surface area contributed by atoms with E-state index in [2.05, 4.69) is 20.2 Å². The summed E-state index contributed by atoms with van der Waals surface area (Å²) in [6, 6.07) is 16.1. The topological polar surface area (TPSA) is 82.3 Å². The van der Waals surface area contributed by atoms with Crippen molar-refractivity contribution >= 4 is 28.5 Å². The molecule has 0 amide bonds. The Labute approximate surface area is 184 Å². The van der Waals surface area contributed by atoms with Gasteiger partial charge in [0.2, 0.25) is 5.95 Å². The van der Waals surface area contributed by atoms with Gasteiger partial charge < -0.3 is 15.3 Å². The van der Waals surface area contributed by atoms with Gasteiger partial charge in [0, 0.05) is 38.4 Å². The molecule has 0 unspecified atom stereocenters. The second kappa shape index (κ2) is 8.89. The fourth-order valence-corrected chi connectivity index (χ4v) is 3.91. The minimum atomic E-state index is -0.319. The highest BCUT2D eigenvalue weighted by Gasteiger charge is 2.22. The van der Waals surface area contributed by atoms with Crippen LogP contribution in [0.2, 0.25) is 0 Å². The molecule has 0 bridgehead atoms. The number of anilines is 3. The molecule has 1 aliphatic rings. The fourth-order valence-electron chi connectivity index (χ4n) is 3.91. The van der Waals surface area contributed by atoms with E-state index in [4.69, 9.17) is 9.97 Å². The van der Waals surface area contributed by atoms with Crippen molar-refractivity contribution in [3.8, 4) is 5.69 Å². The Balaban J connectivity index is 1.56. The van der Waals surface area contributed by atoms with Crippen LogP contribution in [0, 0.1) is 5.82 Å². The first-order valence-corrected chi connectivity index (χ1v) is 10.6. The van der Waals surface area contributed by atoms with Crippen molar-refractivity contribution in [1.29, 1.82) is 0 Å². The van der Waals surface area contributed by atoms with Crippen molar-refractivity contribution in [1.82, 2.24) is 24.6 Å². The summed E-state index contributed by atoms with van der Waals surface area (Å²) in [5.41, 5.74) is 2.19. The number of fused-ring (bicyclic) bond motifs is 1. The van der Waals surface area contributed by atoms with Gasteiger partial charge in [-0.25, -0.2) is 9.07 Å². The molecule has 2 N–H and O–H groups in total. The Hall–Kier alpha value is -3.56. The zero-order chi connectivity index (χ0) is 21.9. The maximum atomic E-state index is 13.8. The fraction of sp³-hybridized carbons (Fsp3) is 0.261. The van der Waals surface area contributed by atoms with Crippen LogP contribution < -0.4 is 10.2 Å². The summed E-state index contributed by atoms with van der Waals surface area (Å²) < 4.78 is 15.5. The molecule has 0 radical (unpaired) electrons. The SMILES string of the molecule is OCCN1CCN(c2nc(Nc3cccc(F)c3)c3cnn(-c4ccccc4)c3n2)CC1. The summed E-state index contributed by atoms with van der Waals surface area (Å²) in [5, 5.41) is 17.8. The number of benzene rings is 2. The molecule has 3 heterocycles. The van der Waals surface area contributed by atoms with E-state index in [0.29, 0.717) is 29.6 Å². The Morgan fingerprint density at radius 3 is 2.53 bits per heavy atom. The van der Waals surface area contributed by atoms with E-state index in [9.17, 15) is 9.50 Å². The molecular weight excluding hydrogens is 409 g/mol. The molecule has 1 saturated heterocycles. The van der Waals surface area contributed by atoms with Gasteiger partial charge in [0.1, 0.15) is 11.6 Å². The molecule has 5 rings (SSSR count).